The molecule has 0 radical (unpaired) electrons. The minimum atomic E-state index is -0.175. The van der Waals surface area contributed by atoms with Crippen LogP contribution in [0.2, 0.25) is 0 Å². The molecule has 0 spiro atoms. The van der Waals surface area contributed by atoms with Gasteiger partial charge >= 0.3 is 0 Å². The van der Waals surface area contributed by atoms with Crippen molar-refractivity contribution in [1.29, 1.82) is 0 Å². The third kappa shape index (κ3) is 2.82. The van der Waals surface area contributed by atoms with E-state index < -0.39 is 0 Å². The van der Waals surface area contributed by atoms with Gasteiger partial charge in [-0.3, -0.25) is 9.59 Å². The fraction of sp³-hybridized carbons (Fsp3) is 0.882. The fourth-order valence-corrected chi connectivity index (χ4v) is 4.37. The van der Waals surface area contributed by atoms with E-state index in [1.807, 2.05) is 25.7 Å². The van der Waals surface area contributed by atoms with Crippen LogP contribution in [0.25, 0.3) is 0 Å². The Balaban J connectivity index is 1.63. The topological polar surface area (TPSA) is 40.6 Å². The van der Waals surface area contributed by atoms with Gasteiger partial charge in [-0.1, -0.05) is 12.8 Å². The van der Waals surface area contributed by atoms with Crippen LogP contribution in [-0.2, 0) is 9.59 Å². The molecule has 118 valence electrons. The van der Waals surface area contributed by atoms with Gasteiger partial charge in [0.1, 0.15) is 0 Å². The summed E-state index contributed by atoms with van der Waals surface area (Å²) < 4.78 is 0. The largest absolute Gasteiger partial charge is 0.342 e. The molecule has 2 saturated heterocycles. The highest BCUT2D eigenvalue weighted by Crippen LogP contribution is 2.37. The van der Waals surface area contributed by atoms with Gasteiger partial charge in [0, 0.05) is 31.6 Å². The normalized spacial score (nSPS) is 33.5. The second-order valence-electron chi connectivity index (χ2n) is 8.12. The first-order valence-corrected chi connectivity index (χ1v) is 8.45. The highest BCUT2D eigenvalue weighted by atomic mass is 16.2. The molecule has 0 aromatic carbocycles. The van der Waals surface area contributed by atoms with Gasteiger partial charge in [-0.25, -0.2) is 0 Å². The lowest BCUT2D eigenvalue weighted by Gasteiger charge is -2.32. The Kier molecular flexibility index (Phi) is 3.74. The number of nitrogens with zero attached hydrogens (tertiary/aromatic N) is 2. The van der Waals surface area contributed by atoms with Crippen LogP contribution in [-0.4, -0.2) is 46.8 Å². The van der Waals surface area contributed by atoms with Crippen LogP contribution in [0, 0.1) is 17.8 Å². The van der Waals surface area contributed by atoms with Crippen molar-refractivity contribution in [3.8, 4) is 0 Å². The molecule has 0 aromatic rings. The molecule has 3 fully saturated rings. The van der Waals surface area contributed by atoms with Crippen LogP contribution in [0.5, 0.6) is 0 Å². The van der Waals surface area contributed by atoms with Gasteiger partial charge in [-0.05, 0) is 45.4 Å². The van der Waals surface area contributed by atoms with E-state index >= 15 is 0 Å². The van der Waals surface area contributed by atoms with Crippen LogP contribution in [0.4, 0.5) is 0 Å². The van der Waals surface area contributed by atoms with Gasteiger partial charge < -0.3 is 9.80 Å². The summed E-state index contributed by atoms with van der Waals surface area (Å²) in [5.41, 5.74) is -0.175. The van der Waals surface area contributed by atoms with Crippen molar-refractivity contribution in [2.24, 2.45) is 17.8 Å². The van der Waals surface area contributed by atoms with E-state index in [2.05, 4.69) is 4.90 Å². The highest BCUT2D eigenvalue weighted by Gasteiger charge is 2.43. The number of fused-ring (bicyclic) bond motifs is 1. The van der Waals surface area contributed by atoms with Gasteiger partial charge in [0.05, 0.1) is 5.92 Å². The maximum Gasteiger partial charge on any atom is 0.228 e. The number of rotatable bonds is 1. The van der Waals surface area contributed by atoms with Crippen LogP contribution in [0.15, 0.2) is 0 Å². The molecule has 0 N–H and O–H groups in total. The van der Waals surface area contributed by atoms with Crippen molar-refractivity contribution < 1.29 is 9.59 Å². The Labute approximate surface area is 127 Å². The van der Waals surface area contributed by atoms with E-state index in [0.717, 1.165) is 24.9 Å². The molecule has 0 bridgehead atoms. The predicted molar refractivity (Wildman–Crippen MR) is 81.6 cm³/mol. The van der Waals surface area contributed by atoms with Crippen LogP contribution < -0.4 is 0 Å². The average Bonchev–Trinajstić information content (AvgIpc) is 3.00. The summed E-state index contributed by atoms with van der Waals surface area (Å²) >= 11 is 0. The van der Waals surface area contributed by atoms with Crippen LogP contribution in [0.1, 0.15) is 52.9 Å². The summed E-state index contributed by atoms with van der Waals surface area (Å²) in [5, 5.41) is 0. The third-order valence-corrected chi connectivity index (χ3v) is 5.57. The number of hydrogen-bond donors (Lipinski definition) is 0. The third-order valence-electron chi connectivity index (χ3n) is 5.57. The van der Waals surface area contributed by atoms with Crippen molar-refractivity contribution in [2.45, 2.75) is 58.4 Å². The molecule has 3 atom stereocenters. The molecule has 21 heavy (non-hydrogen) atoms. The SMILES string of the molecule is CC(C)(C)N1CC(C(=O)N2CC3CCCCC3C2)CC1=O. The molecule has 1 aliphatic carbocycles. The summed E-state index contributed by atoms with van der Waals surface area (Å²) in [5.74, 6) is 1.69. The second-order valence-corrected chi connectivity index (χ2v) is 8.12. The van der Waals surface area contributed by atoms with Gasteiger partial charge in [-0.15, -0.1) is 0 Å². The molecule has 4 heteroatoms. The summed E-state index contributed by atoms with van der Waals surface area (Å²) in [6.45, 7) is 8.60. The maximum absolute atomic E-state index is 12.8. The minimum Gasteiger partial charge on any atom is -0.342 e. The predicted octanol–water partition coefficient (Wildman–Crippen LogP) is 2.28. The molecule has 2 heterocycles. The zero-order chi connectivity index (χ0) is 15.2. The smallest absolute Gasteiger partial charge is 0.228 e. The van der Waals surface area contributed by atoms with Crippen molar-refractivity contribution >= 4 is 11.8 Å². The summed E-state index contributed by atoms with van der Waals surface area (Å²) in [6.07, 6.45) is 5.62. The Morgan fingerprint density at radius 2 is 1.62 bits per heavy atom. The monoisotopic (exact) mass is 292 g/mol. The summed E-state index contributed by atoms with van der Waals surface area (Å²) in [4.78, 5) is 28.8. The number of carbonyl (C=O) groups is 2. The van der Waals surface area contributed by atoms with Crippen LogP contribution >= 0.6 is 0 Å². The number of carbonyl (C=O) groups excluding carboxylic acids is 2. The average molecular weight is 292 g/mol. The lowest BCUT2D eigenvalue weighted by Crippen LogP contribution is -2.43. The van der Waals surface area contributed by atoms with Crippen molar-refractivity contribution in [2.75, 3.05) is 19.6 Å². The highest BCUT2D eigenvalue weighted by molar-refractivity contribution is 5.89. The van der Waals surface area contributed by atoms with Crippen LogP contribution in [0.3, 0.4) is 0 Å². The maximum atomic E-state index is 12.8. The Bertz CT molecular complexity index is 427. The summed E-state index contributed by atoms with van der Waals surface area (Å²) in [7, 11) is 0. The van der Waals surface area contributed by atoms with E-state index in [-0.39, 0.29) is 23.3 Å². The zero-order valence-corrected chi connectivity index (χ0v) is 13.6. The molecule has 4 nitrogen and oxygen atoms in total. The van der Waals surface area contributed by atoms with Crippen molar-refractivity contribution in [3.05, 3.63) is 0 Å². The zero-order valence-electron chi connectivity index (χ0n) is 13.6. The first kappa shape index (κ1) is 14.9. The minimum absolute atomic E-state index is 0.114. The second kappa shape index (κ2) is 5.29. The van der Waals surface area contributed by atoms with E-state index in [4.69, 9.17) is 0 Å². The van der Waals surface area contributed by atoms with Crippen molar-refractivity contribution in [3.63, 3.8) is 0 Å². The molecule has 3 rings (SSSR count). The lowest BCUT2D eigenvalue weighted by molar-refractivity contribution is -0.135. The van der Waals surface area contributed by atoms with Gasteiger partial charge in [0.15, 0.2) is 0 Å². The quantitative estimate of drug-likeness (QED) is 0.744. The van der Waals surface area contributed by atoms with Gasteiger partial charge in [0.25, 0.3) is 0 Å². The number of likely N-dealkylation sites (tertiary alicyclic amines) is 2. The molecule has 3 aliphatic rings. The first-order chi connectivity index (χ1) is 9.86. The van der Waals surface area contributed by atoms with Gasteiger partial charge in [-0.2, -0.15) is 0 Å². The van der Waals surface area contributed by atoms with E-state index in [1.54, 1.807) is 0 Å². The lowest BCUT2D eigenvalue weighted by atomic mass is 9.82. The molecule has 0 aromatic heterocycles. The standard InChI is InChI=1S/C17H28N2O2/c1-17(2,3)19-11-14(8-15(19)20)16(21)18-9-12-6-4-5-7-13(12)10-18/h12-14H,4-11H2,1-3H3. The van der Waals surface area contributed by atoms with E-state index in [0.29, 0.717) is 13.0 Å². The Hall–Kier alpha value is -1.06. The Morgan fingerprint density at radius 3 is 2.10 bits per heavy atom. The number of hydrogen-bond acceptors (Lipinski definition) is 2. The van der Waals surface area contributed by atoms with E-state index in [1.165, 1.54) is 25.7 Å². The molecule has 2 aliphatic heterocycles. The molecule has 2 amide bonds. The first-order valence-electron chi connectivity index (χ1n) is 8.45. The summed E-state index contributed by atoms with van der Waals surface area (Å²) in [6, 6.07) is 0. The molecular weight excluding hydrogens is 264 g/mol. The van der Waals surface area contributed by atoms with E-state index in [9.17, 15) is 9.59 Å². The molecule has 3 unspecified atom stereocenters. The molecule has 1 saturated carbocycles. The van der Waals surface area contributed by atoms with Crippen molar-refractivity contribution in [1.82, 2.24) is 9.80 Å². The number of amides is 2. The molecular formula is C17H28N2O2. The Morgan fingerprint density at radius 1 is 1.05 bits per heavy atom. The fourth-order valence-electron chi connectivity index (χ4n) is 4.37. The van der Waals surface area contributed by atoms with Gasteiger partial charge in [0.2, 0.25) is 11.8 Å².